The number of aryl methyl sites for hydroxylation is 2. The van der Waals surface area contributed by atoms with Gasteiger partial charge in [-0.05, 0) is 32.1 Å². The van der Waals surface area contributed by atoms with Crippen molar-refractivity contribution >= 4 is 16.3 Å². The second-order valence-corrected chi connectivity index (χ2v) is 7.69. The second kappa shape index (κ2) is 3.38. The highest BCUT2D eigenvalue weighted by Crippen LogP contribution is 2.47. The molecular weight excluding hydrogens is 240 g/mol. The molecular formula is C15H20N2S. The van der Waals surface area contributed by atoms with Crippen LogP contribution in [-0.4, -0.2) is 9.38 Å². The van der Waals surface area contributed by atoms with Crippen LogP contribution < -0.4 is 0 Å². The maximum Gasteiger partial charge on any atom is 0.194 e. The quantitative estimate of drug-likeness (QED) is 0.698. The van der Waals surface area contributed by atoms with E-state index in [1.165, 1.54) is 48.5 Å². The Morgan fingerprint density at radius 1 is 1.28 bits per heavy atom. The largest absolute Gasteiger partial charge is 0.291 e. The van der Waals surface area contributed by atoms with Crippen molar-refractivity contribution in [1.29, 1.82) is 0 Å². The third kappa shape index (κ3) is 1.26. The Labute approximate surface area is 112 Å². The van der Waals surface area contributed by atoms with Crippen molar-refractivity contribution in [3.63, 3.8) is 0 Å². The lowest BCUT2D eigenvalue weighted by molar-refractivity contribution is 0.471. The van der Waals surface area contributed by atoms with E-state index in [0.717, 1.165) is 0 Å². The first-order chi connectivity index (χ1) is 8.58. The molecule has 0 saturated heterocycles. The van der Waals surface area contributed by atoms with Gasteiger partial charge in [-0.25, -0.2) is 4.98 Å². The van der Waals surface area contributed by atoms with Gasteiger partial charge in [-0.15, -0.1) is 11.3 Å². The zero-order chi connectivity index (χ0) is 12.5. The Morgan fingerprint density at radius 2 is 2.06 bits per heavy atom. The fraction of sp³-hybridized carbons (Fsp3) is 0.667. The van der Waals surface area contributed by atoms with Crippen molar-refractivity contribution in [2.45, 2.75) is 64.2 Å². The smallest absolute Gasteiger partial charge is 0.194 e. The van der Waals surface area contributed by atoms with Crippen molar-refractivity contribution in [2.24, 2.45) is 0 Å². The molecule has 2 aliphatic carbocycles. The van der Waals surface area contributed by atoms with Gasteiger partial charge in [-0.2, -0.15) is 0 Å². The van der Waals surface area contributed by atoms with E-state index in [1.807, 2.05) is 11.3 Å². The predicted octanol–water partition coefficient (Wildman–Crippen LogP) is 4.06. The molecule has 0 aromatic carbocycles. The first-order valence-corrected chi connectivity index (χ1v) is 7.93. The molecule has 0 aliphatic heterocycles. The van der Waals surface area contributed by atoms with Gasteiger partial charge in [-0.1, -0.05) is 20.8 Å². The van der Waals surface area contributed by atoms with Gasteiger partial charge in [-0.3, -0.25) is 4.40 Å². The van der Waals surface area contributed by atoms with Gasteiger partial charge in [0, 0.05) is 21.9 Å². The summed E-state index contributed by atoms with van der Waals surface area (Å²) >= 11 is 1.94. The molecule has 4 rings (SSSR count). The van der Waals surface area contributed by atoms with Crippen LogP contribution in [0.1, 0.15) is 67.9 Å². The Bertz CT molecular complexity index is 632. The fourth-order valence-corrected chi connectivity index (χ4v) is 5.22. The van der Waals surface area contributed by atoms with E-state index in [1.54, 1.807) is 10.6 Å². The lowest BCUT2D eigenvalue weighted by atomic mass is 9.89. The summed E-state index contributed by atoms with van der Waals surface area (Å²) in [5.41, 5.74) is 4.77. The highest BCUT2D eigenvalue weighted by atomic mass is 32.1. The van der Waals surface area contributed by atoms with Crippen LogP contribution in [0.3, 0.4) is 0 Å². The average molecular weight is 260 g/mol. The summed E-state index contributed by atoms with van der Waals surface area (Å²) in [6.45, 7) is 7.10. The zero-order valence-electron chi connectivity index (χ0n) is 11.4. The summed E-state index contributed by atoms with van der Waals surface area (Å²) in [7, 11) is 0. The average Bonchev–Trinajstić information content (AvgIpc) is 2.88. The van der Waals surface area contributed by atoms with Crippen molar-refractivity contribution in [3.05, 3.63) is 22.0 Å². The Hall–Kier alpha value is -0.830. The predicted molar refractivity (Wildman–Crippen MR) is 75.8 cm³/mol. The van der Waals surface area contributed by atoms with Crippen molar-refractivity contribution < 1.29 is 0 Å². The molecule has 2 heterocycles. The topological polar surface area (TPSA) is 17.3 Å². The highest BCUT2D eigenvalue weighted by molar-refractivity contribution is 7.17. The lowest BCUT2D eigenvalue weighted by Crippen LogP contribution is -2.17. The van der Waals surface area contributed by atoms with E-state index in [2.05, 4.69) is 25.2 Å². The SMILES string of the molecule is CC1CC(C)(C)c2c1nc1sc3c(n21)CCCC3. The number of hydrogen-bond acceptors (Lipinski definition) is 2. The van der Waals surface area contributed by atoms with Crippen LogP contribution in [0.15, 0.2) is 0 Å². The van der Waals surface area contributed by atoms with Gasteiger partial charge >= 0.3 is 0 Å². The lowest BCUT2D eigenvalue weighted by Gasteiger charge is -2.20. The molecule has 18 heavy (non-hydrogen) atoms. The highest BCUT2D eigenvalue weighted by Gasteiger charge is 2.40. The van der Waals surface area contributed by atoms with Crippen LogP contribution in [0.5, 0.6) is 0 Å². The molecule has 2 aliphatic rings. The van der Waals surface area contributed by atoms with Crippen LogP contribution in [-0.2, 0) is 18.3 Å². The number of nitrogens with zero attached hydrogens (tertiary/aromatic N) is 2. The molecule has 96 valence electrons. The second-order valence-electron chi connectivity index (χ2n) is 6.63. The molecule has 1 unspecified atom stereocenters. The molecule has 0 bridgehead atoms. The van der Waals surface area contributed by atoms with Crippen molar-refractivity contribution in [1.82, 2.24) is 9.38 Å². The Morgan fingerprint density at radius 3 is 2.89 bits per heavy atom. The molecule has 0 spiro atoms. The standard InChI is InChI=1S/C15H20N2S/c1-9-8-15(2,3)13-12(9)16-14-17(13)10-6-4-5-7-11(10)18-14/h9H,4-8H2,1-3H3. The van der Waals surface area contributed by atoms with Gasteiger partial charge < -0.3 is 0 Å². The molecule has 1 atom stereocenters. The van der Waals surface area contributed by atoms with Gasteiger partial charge in [0.1, 0.15) is 0 Å². The van der Waals surface area contributed by atoms with E-state index in [4.69, 9.17) is 4.98 Å². The summed E-state index contributed by atoms with van der Waals surface area (Å²) in [6.07, 6.45) is 6.48. The van der Waals surface area contributed by atoms with E-state index < -0.39 is 0 Å². The molecule has 2 aromatic rings. The number of thiazole rings is 1. The third-order valence-corrected chi connectivity index (χ3v) is 5.81. The van der Waals surface area contributed by atoms with E-state index in [0.29, 0.717) is 11.3 Å². The van der Waals surface area contributed by atoms with Crippen LogP contribution >= 0.6 is 11.3 Å². The zero-order valence-corrected chi connectivity index (χ0v) is 12.2. The maximum absolute atomic E-state index is 4.96. The summed E-state index contributed by atoms with van der Waals surface area (Å²) in [4.78, 5) is 7.81. The molecule has 0 fully saturated rings. The van der Waals surface area contributed by atoms with Crippen LogP contribution in [0.25, 0.3) is 4.96 Å². The number of fused-ring (bicyclic) bond motifs is 5. The number of imidazole rings is 1. The van der Waals surface area contributed by atoms with Crippen LogP contribution in [0, 0.1) is 0 Å². The van der Waals surface area contributed by atoms with Gasteiger partial charge in [0.2, 0.25) is 0 Å². The molecule has 2 nitrogen and oxygen atoms in total. The monoisotopic (exact) mass is 260 g/mol. The summed E-state index contributed by atoms with van der Waals surface area (Å²) in [5, 5.41) is 0. The summed E-state index contributed by atoms with van der Waals surface area (Å²) < 4.78 is 2.53. The maximum atomic E-state index is 4.96. The minimum atomic E-state index is 0.292. The first-order valence-electron chi connectivity index (χ1n) is 7.11. The van der Waals surface area contributed by atoms with Crippen molar-refractivity contribution in [3.8, 4) is 0 Å². The van der Waals surface area contributed by atoms with Crippen LogP contribution in [0.4, 0.5) is 0 Å². The van der Waals surface area contributed by atoms with Gasteiger partial charge in [0.25, 0.3) is 0 Å². The molecule has 0 radical (unpaired) electrons. The Balaban J connectivity index is 2.06. The number of rotatable bonds is 0. The van der Waals surface area contributed by atoms with Gasteiger partial charge in [0.05, 0.1) is 11.4 Å². The number of aromatic nitrogens is 2. The number of hydrogen-bond donors (Lipinski definition) is 0. The molecule has 0 amide bonds. The molecule has 0 N–H and O–H groups in total. The minimum Gasteiger partial charge on any atom is -0.291 e. The molecule has 0 saturated carbocycles. The normalized spacial score (nSPS) is 25.4. The summed E-state index contributed by atoms with van der Waals surface area (Å²) in [6, 6.07) is 0. The Kier molecular flexibility index (Phi) is 2.07. The molecule has 3 heteroatoms. The van der Waals surface area contributed by atoms with Crippen LogP contribution in [0.2, 0.25) is 0 Å². The molecule has 2 aromatic heterocycles. The summed E-state index contributed by atoms with van der Waals surface area (Å²) in [5.74, 6) is 0.626. The fourth-order valence-electron chi connectivity index (χ4n) is 4.01. The van der Waals surface area contributed by atoms with E-state index >= 15 is 0 Å². The van der Waals surface area contributed by atoms with Crippen molar-refractivity contribution in [2.75, 3.05) is 0 Å². The van der Waals surface area contributed by atoms with E-state index in [-0.39, 0.29) is 0 Å². The van der Waals surface area contributed by atoms with E-state index in [9.17, 15) is 0 Å². The van der Waals surface area contributed by atoms with Gasteiger partial charge in [0.15, 0.2) is 4.96 Å². The minimum absolute atomic E-state index is 0.292. The first kappa shape index (κ1) is 11.0. The third-order valence-electron chi connectivity index (χ3n) is 4.67.